The maximum atomic E-state index is 13.0. The Morgan fingerprint density at radius 3 is 2.54 bits per heavy atom. The number of carbonyl (C=O) groups is 2. The summed E-state index contributed by atoms with van der Waals surface area (Å²) in [5, 5.41) is 10.4. The average Bonchev–Trinajstić information content (AvgIpc) is 2.31. The Balaban J connectivity index is 2.51. The van der Waals surface area contributed by atoms with Crippen LogP contribution >= 0.6 is 0 Å². The molecule has 1 saturated heterocycles. The van der Waals surface area contributed by atoms with Gasteiger partial charge in [-0.05, 0) is 0 Å². The molecule has 13 heavy (non-hydrogen) atoms. The smallest absolute Gasteiger partial charge is 0.405 e. The van der Waals surface area contributed by atoms with Crippen LogP contribution < -0.4 is 5.32 Å². The van der Waals surface area contributed by atoms with Gasteiger partial charge in [0.15, 0.2) is 0 Å². The number of amides is 2. The highest BCUT2D eigenvalue weighted by molar-refractivity contribution is 5.74. The summed E-state index contributed by atoms with van der Waals surface area (Å²) in [4.78, 5) is 22.3. The normalized spacial score (nSPS) is 27.4. The number of likely N-dealkylation sites (tertiary alicyclic amines) is 1. The lowest BCUT2D eigenvalue weighted by Crippen LogP contribution is -2.40. The Kier molecular flexibility index (Phi) is 2.69. The molecule has 6 heteroatoms. The minimum atomic E-state index is -1.31. The molecule has 0 saturated carbocycles. The maximum Gasteiger partial charge on any atom is 0.405 e. The molecule has 2 atom stereocenters. The van der Waals surface area contributed by atoms with Crippen molar-refractivity contribution in [1.29, 1.82) is 0 Å². The van der Waals surface area contributed by atoms with Gasteiger partial charge < -0.3 is 15.3 Å². The van der Waals surface area contributed by atoms with Crippen LogP contribution in [-0.2, 0) is 4.79 Å². The minimum absolute atomic E-state index is 0.0275. The summed E-state index contributed by atoms with van der Waals surface area (Å²) in [5.41, 5.74) is 0. The van der Waals surface area contributed by atoms with Crippen molar-refractivity contribution in [3.8, 4) is 0 Å². The van der Waals surface area contributed by atoms with E-state index in [1.54, 1.807) is 0 Å². The van der Waals surface area contributed by atoms with E-state index in [0.717, 1.165) is 0 Å². The van der Waals surface area contributed by atoms with Gasteiger partial charge in [0.25, 0.3) is 0 Å². The summed E-state index contributed by atoms with van der Waals surface area (Å²) in [6.45, 7) is 1.42. The van der Waals surface area contributed by atoms with Crippen molar-refractivity contribution in [2.75, 3.05) is 13.1 Å². The van der Waals surface area contributed by atoms with Crippen LogP contribution in [0.15, 0.2) is 0 Å². The standard InChI is InChI=1S/C7H11FN2O3/c1-4(11)10-2-5(8)6(3-10)9-7(12)13/h5-6,9H,2-3H2,1H3,(H,12,13)/t5-,6+/m1/s1. The highest BCUT2D eigenvalue weighted by atomic mass is 19.1. The van der Waals surface area contributed by atoms with Crippen LogP contribution in [0.5, 0.6) is 0 Å². The summed E-state index contributed by atoms with van der Waals surface area (Å²) in [6.07, 6.45) is -2.57. The van der Waals surface area contributed by atoms with E-state index in [1.165, 1.54) is 11.8 Å². The third kappa shape index (κ3) is 2.30. The molecule has 0 bridgehead atoms. The predicted molar refractivity (Wildman–Crippen MR) is 42.1 cm³/mol. The number of rotatable bonds is 1. The number of nitrogens with zero attached hydrogens (tertiary/aromatic N) is 1. The molecule has 1 aliphatic heterocycles. The fraction of sp³-hybridized carbons (Fsp3) is 0.714. The highest BCUT2D eigenvalue weighted by Crippen LogP contribution is 2.13. The minimum Gasteiger partial charge on any atom is -0.465 e. The Bertz CT molecular complexity index is 234. The zero-order valence-electron chi connectivity index (χ0n) is 7.16. The molecule has 0 radical (unpaired) electrons. The van der Waals surface area contributed by atoms with Gasteiger partial charge in [-0.25, -0.2) is 9.18 Å². The van der Waals surface area contributed by atoms with E-state index < -0.39 is 18.3 Å². The number of nitrogens with one attached hydrogen (secondary N) is 1. The summed E-state index contributed by atoms with van der Waals surface area (Å²) in [5.74, 6) is -0.239. The Labute approximate surface area is 74.5 Å². The van der Waals surface area contributed by atoms with Gasteiger partial charge in [-0.3, -0.25) is 4.79 Å². The van der Waals surface area contributed by atoms with E-state index in [-0.39, 0.29) is 19.0 Å². The first-order chi connectivity index (χ1) is 6.00. The fourth-order valence-corrected chi connectivity index (χ4v) is 1.32. The van der Waals surface area contributed by atoms with Gasteiger partial charge in [0.05, 0.1) is 12.6 Å². The number of carbonyl (C=O) groups excluding carboxylic acids is 1. The molecule has 0 aromatic carbocycles. The molecule has 0 aliphatic carbocycles. The predicted octanol–water partition coefficient (Wildman–Crippen LogP) is -0.177. The molecule has 1 fully saturated rings. The summed E-state index contributed by atoms with van der Waals surface area (Å²) in [6, 6.07) is -0.790. The fourth-order valence-electron chi connectivity index (χ4n) is 1.32. The molecule has 0 spiro atoms. The lowest BCUT2D eigenvalue weighted by atomic mass is 10.2. The molecule has 2 N–H and O–H groups in total. The molecule has 0 aromatic rings. The maximum absolute atomic E-state index is 13.0. The molecule has 0 unspecified atom stereocenters. The van der Waals surface area contributed by atoms with Gasteiger partial charge in [-0.2, -0.15) is 0 Å². The van der Waals surface area contributed by atoms with Crippen molar-refractivity contribution in [1.82, 2.24) is 10.2 Å². The molecule has 0 aromatic heterocycles. The lowest BCUT2D eigenvalue weighted by Gasteiger charge is -2.12. The van der Waals surface area contributed by atoms with Crippen molar-refractivity contribution in [3.63, 3.8) is 0 Å². The molecule has 1 rings (SSSR count). The second kappa shape index (κ2) is 3.59. The SMILES string of the molecule is CC(=O)N1C[C@@H](F)[C@@H](NC(=O)O)C1. The van der Waals surface area contributed by atoms with Crippen LogP contribution in [0.2, 0.25) is 0 Å². The van der Waals surface area contributed by atoms with Crippen LogP contribution in [0.3, 0.4) is 0 Å². The number of carboxylic acid groups (broad SMARTS) is 1. The van der Waals surface area contributed by atoms with Crippen molar-refractivity contribution in [2.45, 2.75) is 19.1 Å². The quantitative estimate of drug-likeness (QED) is 0.602. The van der Waals surface area contributed by atoms with Gasteiger partial charge in [-0.15, -0.1) is 0 Å². The lowest BCUT2D eigenvalue weighted by molar-refractivity contribution is -0.128. The number of alkyl halides is 1. The Morgan fingerprint density at radius 2 is 2.15 bits per heavy atom. The van der Waals surface area contributed by atoms with Crippen LogP contribution in [0.1, 0.15) is 6.92 Å². The van der Waals surface area contributed by atoms with Crippen LogP contribution in [0.25, 0.3) is 0 Å². The van der Waals surface area contributed by atoms with Crippen molar-refractivity contribution < 1.29 is 19.1 Å². The zero-order chi connectivity index (χ0) is 10.0. The van der Waals surface area contributed by atoms with Gasteiger partial charge >= 0.3 is 6.09 Å². The van der Waals surface area contributed by atoms with E-state index in [0.29, 0.717) is 0 Å². The largest absolute Gasteiger partial charge is 0.465 e. The second-order valence-electron chi connectivity index (χ2n) is 3.00. The van der Waals surface area contributed by atoms with Crippen molar-refractivity contribution in [2.24, 2.45) is 0 Å². The van der Waals surface area contributed by atoms with Crippen LogP contribution in [0, 0.1) is 0 Å². The van der Waals surface area contributed by atoms with E-state index >= 15 is 0 Å². The summed E-state index contributed by atoms with van der Waals surface area (Å²) in [7, 11) is 0. The number of hydrogen-bond donors (Lipinski definition) is 2. The zero-order valence-corrected chi connectivity index (χ0v) is 7.16. The van der Waals surface area contributed by atoms with E-state index in [4.69, 9.17) is 5.11 Å². The van der Waals surface area contributed by atoms with E-state index in [9.17, 15) is 14.0 Å². The Hall–Kier alpha value is -1.33. The number of halogens is 1. The molecule has 1 aliphatic rings. The highest BCUT2D eigenvalue weighted by Gasteiger charge is 2.34. The number of hydrogen-bond acceptors (Lipinski definition) is 2. The summed E-state index contributed by atoms with van der Waals surface area (Å²) >= 11 is 0. The Morgan fingerprint density at radius 1 is 1.54 bits per heavy atom. The molecule has 2 amide bonds. The van der Waals surface area contributed by atoms with Gasteiger partial charge in [0.1, 0.15) is 6.17 Å². The first kappa shape index (κ1) is 9.76. The van der Waals surface area contributed by atoms with E-state index in [1.807, 2.05) is 5.32 Å². The molecule has 1 heterocycles. The molecular formula is C7H11FN2O3. The van der Waals surface area contributed by atoms with Gasteiger partial charge in [0.2, 0.25) is 5.91 Å². The van der Waals surface area contributed by atoms with Gasteiger partial charge in [0, 0.05) is 13.5 Å². The molecular weight excluding hydrogens is 179 g/mol. The molecule has 5 nitrogen and oxygen atoms in total. The van der Waals surface area contributed by atoms with Crippen LogP contribution in [-0.4, -0.2) is 47.3 Å². The third-order valence-corrected chi connectivity index (χ3v) is 2.00. The van der Waals surface area contributed by atoms with Crippen LogP contribution in [0.4, 0.5) is 9.18 Å². The first-order valence-corrected chi connectivity index (χ1v) is 3.89. The van der Waals surface area contributed by atoms with Gasteiger partial charge in [-0.1, -0.05) is 0 Å². The van der Waals surface area contributed by atoms with Crippen molar-refractivity contribution in [3.05, 3.63) is 0 Å². The average molecular weight is 190 g/mol. The monoisotopic (exact) mass is 190 g/mol. The topological polar surface area (TPSA) is 69.6 Å². The summed E-state index contributed by atoms with van der Waals surface area (Å²) < 4.78 is 13.0. The van der Waals surface area contributed by atoms with E-state index in [2.05, 4.69) is 0 Å². The molecule has 74 valence electrons. The second-order valence-corrected chi connectivity index (χ2v) is 3.00. The first-order valence-electron chi connectivity index (χ1n) is 3.89. The third-order valence-electron chi connectivity index (χ3n) is 2.00. The van der Waals surface area contributed by atoms with Crippen molar-refractivity contribution >= 4 is 12.0 Å².